The third-order valence-electron chi connectivity index (χ3n) is 3.95. The zero-order valence-corrected chi connectivity index (χ0v) is 13.7. The summed E-state index contributed by atoms with van der Waals surface area (Å²) in [6, 6.07) is 16.8. The van der Waals surface area contributed by atoms with Crippen LogP contribution in [-0.2, 0) is 6.42 Å². The summed E-state index contributed by atoms with van der Waals surface area (Å²) in [4.78, 5) is 0. The van der Waals surface area contributed by atoms with Crippen LogP contribution in [0.15, 0.2) is 49.0 Å². The second kappa shape index (κ2) is 4.74. The van der Waals surface area contributed by atoms with Crippen molar-refractivity contribution < 1.29 is 0 Å². The molecule has 1 aliphatic rings. The van der Waals surface area contributed by atoms with Gasteiger partial charge in [-0.3, -0.25) is 0 Å². The average molecular weight is 278 g/mol. The molecule has 20 heavy (non-hydrogen) atoms. The molecule has 2 aromatic carbocycles. The Hall–Kier alpha value is -1.60. The van der Waals surface area contributed by atoms with Crippen LogP contribution in [0, 0.1) is 0 Å². The highest BCUT2D eigenvalue weighted by Crippen LogP contribution is 2.38. The number of rotatable bonds is 3. The zero-order chi connectivity index (χ0) is 14.3. The number of fused-ring (bicyclic) bond motifs is 3. The van der Waals surface area contributed by atoms with Gasteiger partial charge in [-0.2, -0.15) is 0 Å². The SMILES string of the molecule is C=C(C[Si](C)(C)C)c1ccc2c(c1)Cc1ccccc1-2. The van der Waals surface area contributed by atoms with E-state index in [2.05, 4.69) is 68.7 Å². The summed E-state index contributed by atoms with van der Waals surface area (Å²) in [6.45, 7) is 11.5. The predicted molar refractivity (Wildman–Crippen MR) is 91.9 cm³/mol. The van der Waals surface area contributed by atoms with Gasteiger partial charge in [0.25, 0.3) is 0 Å². The minimum atomic E-state index is -1.09. The molecule has 0 aromatic heterocycles. The lowest BCUT2D eigenvalue weighted by Gasteiger charge is -2.18. The van der Waals surface area contributed by atoms with E-state index in [0.29, 0.717) is 0 Å². The number of benzene rings is 2. The lowest BCUT2D eigenvalue weighted by Crippen LogP contribution is -2.19. The smallest absolute Gasteiger partial charge is 0.0487 e. The van der Waals surface area contributed by atoms with E-state index in [-0.39, 0.29) is 0 Å². The van der Waals surface area contributed by atoms with Crippen LogP contribution in [0.1, 0.15) is 16.7 Å². The molecule has 0 N–H and O–H groups in total. The van der Waals surface area contributed by atoms with Gasteiger partial charge in [0.15, 0.2) is 0 Å². The first-order valence-corrected chi connectivity index (χ1v) is 11.0. The molecule has 0 spiro atoms. The lowest BCUT2D eigenvalue weighted by molar-refractivity contribution is 1.26. The largest absolute Gasteiger partial charge is 0.0955 e. The minimum absolute atomic E-state index is 1.07. The number of hydrogen-bond donors (Lipinski definition) is 0. The number of hydrogen-bond acceptors (Lipinski definition) is 0. The van der Waals surface area contributed by atoms with Crippen LogP contribution in [0.4, 0.5) is 0 Å². The molecule has 0 fully saturated rings. The van der Waals surface area contributed by atoms with Gasteiger partial charge < -0.3 is 0 Å². The van der Waals surface area contributed by atoms with Crippen LogP contribution in [0.5, 0.6) is 0 Å². The molecular formula is C19H22Si. The van der Waals surface area contributed by atoms with Crippen molar-refractivity contribution >= 4 is 13.6 Å². The molecule has 0 aliphatic heterocycles. The average Bonchev–Trinajstić information content (AvgIpc) is 2.74. The topological polar surface area (TPSA) is 0 Å². The Balaban J connectivity index is 1.93. The second-order valence-corrected chi connectivity index (χ2v) is 12.5. The van der Waals surface area contributed by atoms with Crippen molar-refractivity contribution in [1.29, 1.82) is 0 Å². The normalized spacial score (nSPS) is 12.9. The maximum Gasteiger partial charge on any atom is 0.0487 e. The minimum Gasteiger partial charge on any atom is -0.0955 e. The van der Waals surface area contributed by atoms with Crippen LogP contribution in [0.25, 0.3) is 16.7 Å². The summed E-state index contributed by atoms with van der Waals surface area (Å²) in [6.07, 6.45) is 1.07. The molecule has 0 bridgehead atoms. The molecule has 0 heterocycles. The van der Waals surface area contributed by atoms with Gasteiger partial charge in [-0.1, -0.05) is 74.3 Å². The Morgan fingerprint density at radius 1 is 1.00 bits per heavy atom. The third-order valence-corrected chi connectivity index (χ3v) is 5.43. The monoisotopic (exact) mass is 278 g/mol. The lowest BCUT2D eigenvalue weighted by atomic mass is 10.0. The second-order valence-electron chi connectivity index (χ2n) is 7.05. The highest BCUT2D eigenvalue weighted by Gasteiger charge is 2.20. The Bertz CT molecular complexity index is 674. The molecule has 1 aliphatic carbocycles. The highest BCUT2D eigenvalue weighted by atomic mass is 28.3. The molecular weight excluding hydrogens is 256 g/mol. The molecule has 0 nitrogen and oxygen atoms in total. The molecule has 0 radical (unpaired) electrons. The Morgan fingerprint density at radius 3 is 2.45 bits per heavy atom. The quantitative estimate of drug-likeness (QED) is 0.546. The molecule has 0 atom stereocenters. The molecule has 0 saturated heterocycles. The number of allylic oxidation sites excluding steroid dienone is 1. The summed E-state index contributed by atoms with van der Waals surface area (Å²) in [5, 5.41) is 0. The van der Waals surface area contributed by atoms with E-state index >= 15 is 0 Å². The fourth-order valence-corrected chi connectivity index (χ4v) is 4.59. The maximum atomic E-state index is 4.32. The fraction of sp³-hybridized carbons (Fsp3) is 0.263. The first-order valence-electron chi connectivity index (χ1n) is 7.33. The Labute approximate surface area is 123 Å². The van der Waals surface area contributed by atoms with E-state index < -0.39 is 8.07 Å². The first kappa shape index (κ1) is 13.4. The molecule has 0 saturated carbocycles. The van der Waals surface area contributed by atoms with Gasteiger partial charge in [-0.05, 0) is 40.3 Å². The summed E-state index contributed by atoms with van der Waals surface area (Å²) in [7, 11) is -1.09. The fourth-order valence-electron chi connectivity index (χ4n) is 3.11. The summed E-state index contributed by atoms with van der Waals surface area (Å²) >= 11 is 0. The summed E-state index contributed by atoms with van der Waals surface area (Å²) < 4.78 is 0. The van der Waals surface area contributed by atoms with Crippen molar-refractivity contribution in [2.45, 2.75) is 32.1 Å². The molecule has 102 valence electrons. The molecule has 0 unspecified atom stereocenters. The van der Waals surface area contributed by atoms with Gasteiger partial charge in [-0.15, -0.1) is 0 Å². The summed E-state index contributed by atoms with van der Waals surface area (Å²) in [5.41, 5.74) is 8.37. The van der Waals surface area contributed by atoms with Crippen molar-refractivity contribution in [3.63, 3.8) is 0 Å². The van der Waals surface area contributed by atoms with Gasteiger partial charge in [0, 0.05) is 8.07 Å². The van der Waals surface area contributed by atoms with E-state index in [0.717, 1.165) is 6.42 Å². The summed E-state index contributed by atoms with van der Waals surface area (Å²) in [5.74, 6) is 0. The van der Waals surface area contributed by atoms with E-state index in [4.69, 9.17) is 0 Å². The van der Waals surface area contributed by atoms with E-state index in [9.17, 15) is 0 Å². The molecule has 2 aromatic rings. The highest BCUT2D eigenvalue weighted by molar-refractivity contribution is 6.77. The Kier molecular flexibility index (Phi) is 3.18. The van der Waals surface area contributed by atoms with Crippen LogP contribution >= 0.6 is 0 Å². The first-order chi connectivity index (χ1) is 9.44. The maximum absolute atomic E-state index is 4.32. The Morgan fingerprint density at radius 2 is 1.70 bits per heavy atom. The van der Waals surface area contributed by atoms with Gasteiger partial charge in [0.2, 0.25) is 0 Å². The van der Waals surface area contributed by atoms with Crippen LogP contribution in [0.3, 0.4) is 0 Å². The molecule has 0 amide bonds. The van der Waals surface area contributed by atoms with E-state index in [1.165, 1.54) is 39.4 Å². The van der Waals surface area contributed by atoms with Gasteiger partial charge in [0.1, 0.15) is 0 Å². The van der Waals surface area contributed by atoms with Crippen molar-refractivity contribution in [3.8, 4) is 11.1 Å². The van der Waals surface area contributed by atoms with Crippen LogP contribution < -0.4 is 0 Å². The molecule has 3 rings (SSSR count). The van der Waals surface area contributed by atoms with Crippen molar-refractivity contribution in [3.05, 3.63) is 65.7 Å². The van der Waals surface area contributed by atoms with Gasteiger partial charge in [-0.25, -0.2) is 0 Å². The standard InChI is InChI=1S/C19H22Si/c1-14(13-20(2,3)4)15-9-10-19-17(11-15)12-16-7-5-6-8-18(16)19/h5-11H,1,12-13H2,2-4H3. The van der Waals surface area contributed by atoms with Gasteiger partial charge in [0.05, 0.1) is 0 Å². The third kappa shape index (κ3) is 2.50. The van der Waals surface area contributed by atoms with Crippen LogP contribution in [-0.4, -0.2) is 8.07 Å². The predicted octanol–water partition coefficient (Wildman–Crippen LogP) is 5.61. The van der Waals surface area contributed by atoms with E-state index in [1.807, 2.05) is 0 Å². The molecule has 1 heteroatoms. The van der Waals surface area contributed by atoms with Crippen molar-refractivity contribution in [2.24, 2.45) is 0 Å². The van der Waals surface area contributed by atoms with Crippen LogP contribution in [0.2, 0.25) is 25.7 Å². The van der Waals surface area contributed by atoms with Crippen molar-refractivity contribution in [2.75, 3.05) is 0 Å². The van der Waals surface area contributed by atoms with Crippen molar-refractivity contribution in [1.82, 2.24) is 0 Å². The van der Waals surface area contributed by atoms with E-state index in [1.54, 1.807) is 0 Å². The zero-order valence-electron chi connectivity index (χ0n) is 12.7. The van der Waals surface area contributed by atoms with Gasteiger partial charge >= 0.3 is 0 Å².